The SMILES string of the molecule is CC(C)N(CCC(=O)N1CCOCC1)S(C)(=O)=O. The van der Waals surface area contributed by atoms with Gasteiger partial charge in [0, 0.05) is 32.1 Å². The van der Waals surface area contributed by atoms with Crippen LogP contribution in [0.25, 0.3) is 0 Å². The maximum Gasteiger partial charge on any atom is 0.224 e. The summed E-state index contributed by atoms with van der Waals surface area (Å²) in [7, 11) is -3.25. The van der Waals surface area contributed by atoms with Crippen LogP contribution in [0.3, 0.4) is 0 Å². The molecule has 0 bridgehead atoms. The molecule has 0 saturated carbocycles. The van der Waals surface area contributed by atoms with E-state index in [9.17, 15) is 13.2 Å². The topological polar surface area (TPSA) is 66.9 Å². The lowest BCUT2D eigenvalue weighted by Crippen LogP contribution is -2.43. The predicted molar refractivity (Wildman–Crippen MR) is 68.7 cm³/mol. The lowest BCUT2D eigenvalue weighted by Gasteiger charge is -2.29. The van der Waals surface area contributed by atoms with Crippen LogP contribution in [0.1, 0.15) is 20.3 Å². The van der Waals surface area contributed by atoms with Gasteiger partial charge in [0.1, 0.15) is 0 Å². The molecule has 0 N–H and O–H groups in total. The van der Waals surface area contributed by atoms with Gasteiger partial charge in [-0.3, -0.25) is 4.79 Å². The van der Waals surface area contributed by atoms with Crippen LogP contribution in [0, 0.1) is 0 Å². The largest absolute Gasteiger partial charge is 0.378 e. The van der Waals surface area contributed by atoms with Crippen molar-refractivity contribution in [2.75, 3.05) is 39.1 Å². The Morgan fingerprint density at radius 2 is 1.89 bits per heavy atom. The van der Waals surface area contributed by atoms with E-state index in [-0.39, 0.29) is 24.9 Å². The van der Waals surface area contributed by atoms with Gasteiger partial charge in [0.2, 0.25) is 15.9 Å². The number of rotatable bonds is 5. The summed E-state index contributed by atoms with van der Waals surface area (Å²) >= 11 is 0. The van der Waals surface area contributed by atoms with Gasteiger partial charge in [0.15, 0.2) is 0 Å². The number of hydrogen-bond donors (Lipinski definition) is 0. The summed E-state index contributed by atoms with van der Waals surface area (Å²) in [6, 6.07) is -0.127. The maximum absolute atomic E-state index is 11.9. The zero-order chi connectivity index (χ0) is 13.8. The minimum atomic E-state index is -3.25. The van der Waals surface area contributed by atoms with Gasteiger partial charge in [-0.15, -0.1) is 0 Å². The first-order valence-electron chi connectivity index (χ1n) is 6.14. The minimum absolute atomic E-state index is 0.00685. The molecule has 7 heteroatoms. The summed E-state index contributed by atoms with van der Waals surface area (Å²) in [6.45, 7) is 6.17. The van der Waals surface area contributed by atoms with Crippen molar-refractivity contribution in [1.29, 1.82) is 0 Å². The van der Waals surface area contributed by atoms with Crippen molar-refractivity contribution in [3.8, 4) is 0 Å². The molecule has 106 valence electrons. The Morgan fingerprint density at radius 1 is 1.33 bits per heavy atom. The number of carbonyl (C=O) groups excluding carboxylic acids is 1. The fourth-order valence-corrected chi connectivity index (χ4v) is 3.17. The quantitative estimate of drug-likeness (QED) is 0.704. The van der Waals surface area contributed by atoms with Crippen LogP contribution >= 0.6 is 0 Å². The fourth-order valence-electron chi connectivity index (χ4n) is 1.98. The Labute approximate surface area is 109 Å². The lowest BCUT2D eigenvalue weighted by molar-refractivity contribution is -0.135. The number of nitrogens with zero attached hydrogens (tertiary/aromatic N) is 2. The van der Waals surface area contributed by atoms with E-state index in [0.717, 1.165) is 0 Å². The number of sulfonamides is 1. The van der Waals surface area contributed by atoms with Gasteiger partial charge in [-0.05, 0) is 13.8 Å². The van der Waals surface area contributed by atoms with Gasteiger partial charge in [0.25, 0.3) is 0 Å². The van der Waals surface area contributed by atoms with Crippen LogP contribution in [0.15, 0.2) is 0 Å². The lowest BCUT2D eigenvalue weighted by atomic mass is 10.3. The van der Waals surface area contributed by atoms with Crippen LogP contribution in [-0.4, -0.2) is 68.7 Å². The molecule has 0 atom stereocenters. The summed E-state index contributed by atoms with van der Waals surface area (Å²) in [4.78, 5) is 13.6. The summed E-state index contributed by atoms with van der Waals surface area (Å²) in [5, 5.41) is 0. The highest BCUT2D eigenvalue weighted by Crippen LogP contribution is 2.08. The number of amides is 1. The Bertz CT molecular complexity index is 375. The molecular formula is C11H22N2O4S. The standard InChI is InChI=1S/C11H22N2O4S/c1-10(2)13(18(3,15)16)5-4-11(14)12-6-8-17-9-7-12/h10H,4-9H2,1-3H3. The second-order valence-corrected chi connectivity index (χ2v) is 6.65. The highest BCUT2D eigenvalue weighted by molar-refractivity contribution is 7.88. The molecule has 1 saturated heterocycles. The first-order chi connectivity index (χ1) is 8.32. The predicted octanol–water partition coefficient (Wildman–Crippen LogP) is -0.0947. The van der Waals surface area contributed by atoms with Gasteiger partial charge in [-0.1, -0.05) is 0 Å². The van der Waals surface area contributed by atoms with E-state index in [1.54, 1.807) is 18.7 Å². The van der Waals surface area contributed by atoms with E-state index in [1.165, 1.54) is 10.6 Å². The summed E-state index contributed by atoms with van der Waals surface area (Å²) in [6.07, 6.45) is 1.40. The van der Waals surface area contributed by atoms with Crippen molar-refractivity contribution in [3.05, 3.63) is 0 Å². The van der Waals surface area contributed by atoms with Crippen molar-refractivity contribution < 1.29 is 17.9 Å². The van der Waals surface area contributed by atoms with Crippen LogP contribution in [0.2, 0.25) is 0 Å². The van der Waals surface area contributed by atoms with Crippen molar-refractivity contribution in [2.45, 2.75) is 26.3 Å². The van der Waals surface area contributed by atoms with Gasteiger partial charge in [0.05, 0.1) is 19.5 Å². The van der Waals surface area contributed by atoms with Crippen LogP contribution < -0.4 is 0 Å². The van der Waals surface area contributed by atoms with Gasteiger partial charge in [-0.2, -0.15) is 4.31 Å². The third-order valence-corrected chi connectivity index (χ3v) is 4.37. The van der Waals surface area contributed by atoms with Crippen molar-refractivity contribution in [1.82, 2.24) is 9.21 Å². The first kappa shape index (κ1) is 15.4. The molecule has 1 amide bonds. The maximum atomic E-state index is 11.9. The average molecular weight is 278 g/mol. The molecule has 1 fully saturated rings. The monoisotopic (exact) mass is 278 g/mol. The normalized spacial score (nSPS) is 17.5. The molecule has 0 radical (unpaired) electrons. The van der Waals surface area contributed by atoms with Crippen molar-refractivity contribution in [3.63, 3.8) is 0 Å². The molecule has 18 heavy (non-hydrogen) atoms. The minimum Gasteiger partial charge on any atom is -0.378 e. The van der Waals surface area contributed by atoms with Gasteiger partial charge >= 0.3 is 0 Å². The third kappa shape index (κ3) is 4.55. The van der Waals surface area contributed by atoms with E-state index < -0.39 is 10.0 Å². The summed E-state index contributed by atoms with van der Waals surface area (Å²) in [5.41, 5.74) is 0. The smallest absolute Gasteiger partial charge is 0.224 e. The molecule has 0 aliphatic carbocycles. The summed E-state index contributed by atoms with van der Waals surface area (Å²) in [5.74, 6) is -0.00685. The number of carbonyl (C=O) groups is 1. The zero-order valence-electron chi connectivity index (χ0n) is 11.3. The molecule has 1 aliphatic rings. The Kier molecular flexibility index (Phi) is 5.55. The Hall–Kier alpha value is -0.660. The molecule has 1 rings (SSSR count). The summed E-state index contributed by atoms with van der Waals surface area (Å²) < 4.78 is 29.6. The first-order valence-corrected chi connectivity index (χ1v) is 7.99. The molecule has 0 aromatic carbocycles. The van der Waals surface area contributed by atoms with Gasteiger partial charge < -0.3 is 9.64 Å². The van der Waals surface area contributed by atoms with E-state index in [0.29, 0.717) is 26.3 Å². The highest BCUT2D eigenvalue weighted by atomic mass is 32.2. The molecule has 6 nitrogen and oxygen atoms in total. The van der Waals surface area contributed by atoms with E-state index in [2.05, 4.69) is 0 Å². The number of hydrogen-bond acceptors (Lipinski definition) is 4. The van der Waals surface area contributed by atoms with E-state index in [1.807, 2.05) is 0 Å². The molecule has 0 aromatic heterocycles. The second-order valence-electron chi connectivity index (χ2n) is 4.71. The fraction of sp³-hybridized carbons (Fsp3) is 0.909. The average Bonchev–Trinajstić information content (AvgIpc) is 2.28. The second kappa shape index (κ2) is 6.49. The van der Waals surface area contributed by atoms with E-state index >= 15 is 0 Å². The molecule has 0 aromatic rings. The molecular weight excluding hydrogens is 256 g/mol. The molecule has 1 heterocycles. The number of morpholine rings is 1. The highest BCUT2D eigenvalue weighted by Gasteiger charge is 2.23. The molecule has 0 unspecified atom stereocenters. The van der Waals surface area contributed by atoms with Gasteiger partial charge in [-0.25, -0.2) is 8.42 Å². The van der Waals surface area contributed by atoms with Crippen molar-refractivity contribution >= 4 is 15.9 Å². The van der Waals surface area contributed by atoms with E-state index in [4.69, 9.17) is 4.74 Å². The van der Waals surface area contributed by atoms with Crippen LogP contribution in [0.4, 0.5) is 0 Å². The molecule has 1 aliphatic heterocycles. The number of ether oxygens (including phenoxy) is 1. The zero-order valence-corrected chi connectivity index (χ0v) is 12.1. The Balaban J connectivity index is 2.49. The van der Waals surface area contributed by atoms with Crippen LogP contribution in [0.5, 0.6) is 0 Å². The van der Waals surface area contributed by atoms with Crippen LogP contribution in [-0.2, 0) is 19.6 Å². The molecule has 0 spiro atoms. The Morgan fingerprint density at radius 3 is 2.33 bits per heavy atom. The third-order valence-electron chi connectivity index (χ3n) is 2.91. The van der Waals surface area contributed by atoms with Crippen molar-refractivity contribution in [2.24, 2.45) is 0 Å².